The number of aryl methyl sites for hydroxylation is 1. The van der Waals surface area contributed by atoms with Crippen molar-refractivity contribution in [2.24, 2.45) is 11.8 Å². The molecule has 2 fully saturated rings. The van der Waals surface area contributed by atoms with Gasteiger partial charge in [-0.15, -0.1) is 0 Å². The van der Waals surface area contributed by atoms with Crippen LogP contribution in [0.15, 0.2) is 47.4 Å². The van der Waals surface area contributed by atoms with Gasteiger partial charge >= 0.3 is 0 Å². The maximum absolute atomic E-state index is 13.1. The minimum atomic E-state index is -3.99. The molecule has 34 heavy (non-hydrogen) atoms. The lowest BCUT2D eigenvalue weighted by atomic mass is 9.81. The summed E-state index contributed by atoms with van der Waals surface area (Å²) in [4.78, 5) is 38.9. The number of para-hydroxylation sites is 2. The molecule has 0 bridgehead atoms. The molecule has 2 atom stereocenters. The van der Waals surface area contributed by atoms with Gasteiger partial charge in [-0.25, -0.2) is 8.42 Å². The van der Waals surface area contributed by atoms with Gasteiger partial charge in [0.1, 0.15) is 12.3 Å². The van der Waals surface area contributed by atoms with Gasteiger partial charge in [0.15, 0.2) is 0 Å². The second-order valence-electron chi connectivity index (χ2n) is 8.59. The molecule has 180 valence electrons. The molecule has 2 unspecified atom stereocenters. The molecule has 3 amide bonds. The van der Waals surface area contributed by atoms with E-state index in [2.05, 4.69) is 10.0 Å². The molecule has 1 saturated heterocycles. The number of ether oxygens (including phenoxy) is 1. The third-order valence-corrected chi connectivity index (χ3v) is 7.85. The van der Waals surface area contributed by atoms with Gasteiger partial charge in [0.05, 0.1) is 29.5 Å². The van der Waals surface area contributed by atoms with Crippen LogP contribution in [0.4, 0.5) is 11.4 Å². The first-order chi connectivity index (χ1) is 16.2. The number of carbonyl (C=O) groups excluding carboxylic acids is 3. The number of hydrogen-bond acceptors (Lipinski definition) is 6. The largest absolute Gasteiger partial charge is 0.495 e. The zero-order valence-electron chi connectivity index (χ0n) is 19.0. The number of amides is 3. The standard InChI is InChI=1S/C24H27N3O6S/c1-15-11-12-16(13-21(15)34(31,32)26-19-9-5-6-10-20(19)33-2)25-22(28)14-27-23(29)17-7-3-4-8-18(17)24(27)30/h5-6,9-13,17-18,26H,3-4,7-8,14H2,1-2H3,(H,25,28). The summed E-state index contributed by atoms with van der Waals surface area (Å²) in [5.41, 5.74) is 1.01. The Kier molecular flexibility index (Phi) is 6.60. The predicted molar refractivity (Wildman–Crippen MR) is 126 cm³/mol. The van der Waals surface area contributed by atoms with Gasteiger partial charge < -0.3 is 10.1 Å². The topological polar surface area (TPSA) is 122 Å². The Labute approximate surface area is 198 Å². The summed E-state index contributed by atoms with van der Waals surface area (Å²) < 4.78 is 33.8. The molecule has 0 radical (unpaired) electrons. The van der Waals surface area contributed by atoms with Crippen molar-refractivity contribution in [3.05, 3.63) is 48.0 Å². The zero-order valence-corrected chi connectivity index (χ0v) is 19.9. The van der Waals surface area contributed by atoms with Crippen molar-refractivity contribution in [1.82, 2.24) is 4.90 Å². The van der Waals surface area contributed by atoms with E-state index in [0.717, 1.165) is 17.7 Å². The third-order valence-electron chi connectivity index (χ3n) is 6.35. The van der Waals surface area contributed by atoms with Crippen LogP contribution in [-0.2, 0) is 24.4 Å². The van der Waals surface area contributed by atoms with E-state index in [1.54, 1.807) is 43.3 Å². The molecule has 0 spiro atoms. The quantitative estimate of drug-likeness (QED) is 0.582. The summed E-state index contributed by atoms with van der Waals surface area (Å²) in [7, 11) is -2.55. The summed E-state index contributed by atoms with van der Waals surface area (Å²) in [5, 5.41) is 2.62. The van der Waals surface area contributed by atoms with Crippen molar-refractivity contribution in [3.63, 3.8) is 0 Å². The van der Waals surface area contributed by atoms with Crippen LogP contribution >= 0.6 is 0 Å². The van der Waals surface area contributed by atoms with Crippen molar-refractivity contribution in [3.8, 4) is 5.75 Å². The number of sulfonamides is 1. The number of likely N-dealkylation sites (tertiary alicyclic amines) is 1. The van der Waals surface area contributed by atoms with Gasteiger partial charge in [-0.05, 0) is 49.6 Å². The number of nitrogens with one attached hydrogen (secondary N) is 2. The number of anilines is 2. The number of imide groups is 1. The normalized spacial score (nSPS) is 20.1. The minimum Gasteiger partial charge on any atom is -0.495 e. The summed E-state index contributed by atoms with van der Waals surface area (Å²) in [5.74, 6) is -1.44. The van der Waals surface area contributed by atoms with Crippen LogP contribution in [0.1, 0.15) is 31.2 Å². The van der Waals surface area contributed by atoms with Crippen molar-refractivity contribution in [2.75, 3.05) is 23.7 Å². The van der Waals surface area contributed by atoms with Crippen molar-refractivity contribution in [2.45, 2.75) is 37.5 Å². The van der Waals surface area contributed by atoms with E-state index < -0.39 is 15.9 Å². The molecular formula is C24H27N3O6S. The molecule has 2 aromatic rings. The lowest BCUT2D eigenvalue weighted by Gasteiger charge is -2.19. The second-order valence-corrected chi connectivity index (χ2v) is 10.2. The van der Waals surface area contributed by atoms with Gasteiger partial charge in [-0.1, -0.05) is 31.0 Å². The van der Waals surface area contributed by atoms with E-state index >= 15 is 0 Å². The Balaban J connectivity index is 1.49. The van der Waals surface area contributed by atoms with Crippen LogP contribution in [0.5, 0.6) is 5.75 Å². The highest BCUT2D eigenvalue weighted by Crippen LogP contribution is 2.38. The Bertz CT molecular complexity index is 1220. The van der Waals surface area contributed by atoms with Crippen LogP contribution in [-0.4, -0.2) is 44.7 Å². The number of fused-ring (bicyclic) bond motifs is 1. The number of carbonyl (C=O) groups is 3. The summed E-state index contributed by atoms with van der Waals surface area (Å²) >= 11 is 0. The monoisotopic (exact) mass is 485 g/mol. The van der Waals surface area contributed by atoms with Gasteiger partial charge in [0.2, 0.25) is 17.7 Å². The Morgan fingerprint density at radius 1 is 1.06 bits per heavy atom. The lowest BCUT2D eigenvalue weighted by molar-refractivity contribution is -0.142. The van der Waals surface area contributed by atoms with Gasteiger partial charge in [0.25, 0.3) is 10.0 Å². The Hall–Kier alpha value is -3.40. The molecular weight excluding hydrogens is 458 g/mol. The average molecular weight is 486 g/mol. The van der Waals surface area contributed by atoms with Crippen molar-refractivity contribution < 1.29 is 27.5 Å². The van der Waals surface area contributed by atoms with E-state index in [1.807, 2.05) is 0 Å². The molecule has 9 nitrogen and oxygen atoms in total. The number of benzene rings is 2. The predicted octanol–water partition coefficient (Wildman–Crippen LogP) is 2.92. The number of hydrogen-bond donors (Lipinski definition) is 2. The second kappa shape index (κ2) is 9.46. The fourth-order valence-electron chi connectivity index (χ4n) is 4.63. The summed E-state index contributed by atoms with van der Waals surface area (Å²) in [6.45, 7) is 1.26. The van der Waals surface area contributed by atoms with Crippen LogP contribution in [0.25, 0.3) is 0 Å². The van der Waals surface area contributed by atoms with E-state index in [0.29, 0.717) is 24.2 Å². The Morgan fingerprint density at radius 3 is 2.35 bits per heavy atom. The van der Waals surface area contributed by atoms with Crippen molar-refractivity contribution >= 4 is 39.1 Å². The fraction of sp³-hybridized carbons (Fsp3) is 0.375. The average Bonchev–Trinajstić information content (AvgIpc) is 3.05. The Morgan fingerprint density at radius 2 is 1.71 bits per heavy atom. The smallest absolute Gasteiger partial charge is 0.262 e. The number of methoxy groups -OCH3 is 1. The molecule has 2 aromatic carbocycles. The van der Waals surface area contributed by atoms with E-state index in [9.17, 15) is 22.8 Å². The van der Waals surface area contributed by atoms with E-state index in [1.165, 1.54) is 13.2 Å². The molecule has 1 saturated carbocycles. The zero-order chi connectivity index (χ0) is 24.5. The molecule has 1 heterocycles. The fourth-order valence-corrected chi connectivity index (χ4v) is 5.97. The number of rotatable bonds is 7. The van der Waals surface area contributed by atoms with E-state index in [-0.39, 0.29) is 46.5 Å². The summed E-state index contributed by atoms with van der Waals surface area (Å²) in [6, 6.07) is 11.1. The molecule has 10 heteroatoms. The highest BCUT2D eigenvalue weighted by atomic mass is 32.2. The van der Waals surface area contributed by atoms with Crippen LogP contribution in [0, 0.1) is 18.8 Å². The van der Waals surface area contributed by atoms with Crippen LogP contribution < -0.4 is 14.8 Å². The maximum atomic E-state index is 13.1. The molecule has 4 rings (SSSR count). The van der Waals surface area contributed by atoms with Crippen LogP contribution in [0.3, 0.4) is 0 Å². The molecule has 1 aliphatic heterocycles. The summed E-state index contributed by atoms with van der Waals surface area (Å²) in [6.07, 6.45) is 3.16. The first-order valence-electron chi connectivity index (χ1n) is 11.1. The number of nitrogens with zero attached hydrogens (tertiary/aromatic N) is 1. The van der Waals surface area contributed by atoms with Crippen molar-refractivity contribution in [1.29, 1.82) is 0 Å². The van der Waals surface area contributed by atoms with Gasteiger partial charge in [0, 0.05) is 5.69 Å². The third kappa shape index (κ3) is 4.63. The molecule has 2 N–H and O–H groups in total. The highest BCUT2D eigenvalue weighted by molar-refractivity contribution is 7.92. The maximum Gasteiger partial charge on any atom is 0.262 e. The van der Waals surface area contributed by atoms with E-state index in [4.69, 9.17) is 4.74 Å². The highest BCUT2D eigenvalue weighted by Gasteiger charge is 2.48. The molecule has 1 aliphatic carbocycles. The van der Waals surface area contributed by atoms with Gasteiger partial charge in [-0.2, -0.15) is 0 Å². The first-order valence-corrected chi connectivity index (χ1v) is 12.6. The lowest BCUT2D eigenvalue weighted by Crippen LogP contribution is -2.38. The molecule has 0 aromatic heterocycles. The van der Waals surface area contributed by atoms with Crippen LogP contribution in [0.2, 0.25) is 0 Å². The first kappa shape index (κ1) is 23.7. The minimum absolute atomic E-state index is 0.0180. The van der Waals surface area contributed by atoms with Gasteiger partial charge in [-0.3, -0.25) is 24.0 Å². The SMILES string of the molecule is COc1ccccc1NS(=O)(=O)c1cc(NC(=O)CN2C(=O)C3CCCCC3C2=O)ccc1C. The molecule has 2 aliphatic rings.